The summed E-state index contributed by atoms with van der Waals surface area (Å²) in [4.78, 5) is 22.7. The van der Waals surface area contributed by atoms with Gasteiger partial charge in [-0.3, -0.25) is 14.9 Å². The van der Waals surface area contributed by atoms with E-state index in [0.717, 1.165) is 5.56 Å². The summed E-state index contributed by atoms with van der Waals surface area (Å²) in [5.74, 6) is -0.607. The lowest BCUT2D eigenvalue weighted by Crippen LogP contribution is -2.42. The molecule has 158 valence electrons. The molecule has 1 heterocycles. The number of nitrogens with one attached hydrogen (secondary N) is 1. The Morgan fingerprint density at radius 3 is 2.30 bits per heavy atom. The summed E-state index contributed by atoms with van der Waals surface area (Å²) in [6.07, 6.45) is 2.21. The summed E-state index contributed by atoms with van der Waals surface area (Å²) in [6.45, 7) is 2.42. The summed E-state index contributed by atoms with van der Waals surface area (Å²) >= 11 is 0. The maximum absolute atomic E-state index is 12.7. The molecule has 1 aliphatic heterocycles. The number of nitrogens with zero attached hydrogens (tertiary/aromatic N) is 3. The van der Waals surface area contributed by atoms with Crippen LogP contribution < -0.4 is 5.43 Å². The highest BCUT2D eigenvalue weighted by molar-refractivity contribution is 7.89. The minimum atomic E-state index is -3.57. The summed E-state index contributed by atoms with van der Waals surface area (Å²) in [5.41, 5.74) is 4.03. The van der Waals surface area contributed by atoms with E-state index in [0.29, 0.717) is 18.4 Å². The summed E-state index contributed by atoms with van der Waals surface area (Å²) < 4.78 is 26.9. The maximum Gasteiger partial charge on any atom is 0.269 e. The van der Waals surface area contributed by atoms with Crippen molar-refractivity contribution in [2.24, 2.45) is 11.0 Å². The second-order valence-electron chi connectivity index (χ2n) is 7.07. The Morgan fingerprint density at radius 1 is 1.13 bits per heavy atom. The van der Waals surface area contributed by atoms with Crippen LogP contribution in [0.1, 0.15) is 24.0 Å². The zero-order chi connectivity index (χ0) is 21.7. The van der Waals surface area contributed by atoms with E-state index in [4.69, 9.17) is 0 Å². The van der Waals surface area contributed by atoms with Gasteiger partial charge in [-0.15, -0.1) is 0 Å². The standard InChI is InChI=1S/C20H22N4O5S/c1-15-2-8-19(9-3-15)30(28,29)23-12-10-17(11-13-23)20(25)22-21-14-16-4-6-18(7-5-16)24(26)27/h2-9,14,17H,10-13H2,1H3,(H,22,25)/b21-14+. The number of aryl methyl sites for hydroxylation is 1. The largest absolute Gasteiger partial charge is 0.273 e. The van der Waals surface area contributed by atoms with Crippen LogP contribution in [0.3, 0.4) is 0 Å². The van der Waals surface area contributed by atoms with Gasteiger partial charge in [0.15, 0.2) is 0 Å². The quantitative estimate of drug-likeness (QED) is 0.428. The van der Waals surface area contributed by atoms with Gasteiger partial charge in [0.05, 0.1) is 16.0 Å². The molecule has 10 heteroatoms. The van der Waals surface area contributed by atoms with Crippen LogP contribution in [-0.2, 0) is 14.8 Å². The number of amides is 1. The molecule has 30 heavy (non-hydrogen) atoms. The zero-order valence-electron chi connectivity index (χ0n) is 16.4. The number of nitro groups is 1. The second kappa shape index (κ2) is 9.14. The van der Waals surface area contributed by atoms with Crippen molar-refractivity contribution in [3.63, 3.8) is 0 Å². The predicted molar refractivity (Wildman–Crippen MR) is 111 cm³/mol. The molecule has 2 aromatic rings. The number of benzene rings is 2. The highest BCUT2D eigenvalue weighted by Gasteiger charge is 2.32. The molecule has 0 unspecified atom stereocenters. The predicted octanol–water partition coefficient (Wildman–Crippen LogP) is 2.45. The van der Waals surface area contributed by atoms with Crippen molar-refractivity contribution >= 4 is 27.8 Å². The number of hydrogen-bond acceptors (Lipinski definition) is 6. The average molecular weight is 430 g/mol. The van der Waals surface area contributed by atoms with Crippen molar-refractivity contribution in [3.8, 4) is 0 Å². The van der Waals surface area contributed by atoms with Gasteiger partial charge in [0, 0.05) is 31.1 Å². The normalized spacial score (nSPS) is 15.9. The van der Waals surface area contributed by atoms with Crippen molar-refractivity contribution in [1.82, 2.24) is 9.73 Å². The van der Waals surface area contributed by atoms with E-state index < -0.39 is 14.9 Å². The Kier molecular flexibility index (Phi) is 6.58. The number of hydrazone groups is 1. The second-order valence-corrected chi connectivity index (χ2v) is 9.01. The number of carbonyl (C=O) groups excluding carboxylic acids is 1. The molecule has 1 N–H and O–H groups in total. The molecule has 0 bridgehead atoms. The first-order valence-electron chi connectivity index (χ1n) is 9.41. The van der Waals surface area contributed by atoms with Crippen molar-refractivity contribution in [1.29, 1.82) is 0 Å². The molecule has 0 aliphatic carbocycles. The molecule has 0 atom stereocenters. The van der Waals surface area contributed by atoms with Crippen molar-refractivity contribution in [2.75, 3.05) is 13.1 Å². The number of carbonyl (C=O) groups is 1. The van der Waals surface area contributed by atoms with Gasteiger partial charge in [0.1, 0.15) is 0 Å². The molecule has 0 spiro atoms. The third-order valence-electron chi connectivity index (χ3n) is 4.98. The first-order valence-corrected chi connectivity index (χ1v) is 10.9. The van der Waals surface area contributed by atoms with Gasteiger partial charge in [-0.25, -0.2) is 13.8 Å². The van der Waals surface area contributed by atoms with E-state index in [2.05, 4.69) is 10.5 Å². The van der Waals surface area contributed by atoms with Gasteiger partial charge in [-0.05, 0) is 49.6 Å². The van der Waals surface area contributed by atoms with Crippen LogP contribution in [0.5, 0.6) is 0 Å². The smallest absolute Gasteiger partial charge is 0.269 e. The monoisotopic (exact) mass is 430 g/mol. The molecule has 3 rings (SSSR count). The van der Waals surface area contributed by atoms with Crippen LogP contribution in [-0.4, -0.2) is 42.9 Å². The van der Waals surface area contributed by atoms with E-state index in [1.54, 1.807) is 24.3 Å². The van der Waals surface area contributed by atoms with Gasteiger partial charge in [0.2, 0.25) is 15.9 Å². The number of non-ortho nitro benzene ring substituents is 1. The summed E-state index contributed by atoms with van der Waals surface area (Å²) in [5, 5.41) is 14.5. The molecule has 1 saturated heterocycles. The zero-order valence-corrected chi connectivity index (χ0v) is 17.2. The average Bonchev–Trinajstić information content (AvgIpc) is 2.74. The molecule has 0 saturated carbocycles. The fraction of sp³-hybridized carbons (Fsp3) is 0.300. The van der Waals surface area contributed by atoms with Crippen LogP contribution >= 0.6 is 0 Å². The SMILES string of the molecule is Cc1ccc(S(=O)(=O)N2CCC(C(=O)N/N=C/c3ccc([N+](=O)[O-])cc3)CC2)cc1. The Labute approximate surface area is 174 Å². The van der Waals surface area contributed by atoms with Gasteiger partial charge in [0.25, 0.3) is 5.69 Å². The van der Waals surface area contributed by atoms with Gasteiger partial charge >= 0.3 is 0 Å². The number of rotatable bonds is 6. The number of piperidine rings is 1. The van der Waals surface area contributed by atoms with Crippen molar-refractivity contribution in [3.05, 3.63) is 69.8 Å². The first-order chi connectivity index (χ1) is 14.3. The maximum atomic E-state index is 12.7. The minimum Gasteiger partial charge on any atom is -0.273 e. The number of nitro benzene ring substituents is 1. The molecular weight excluding hydrogens is 408 g/mol. The minimum absolute atomic E-state index is 0.0245. The van der Waals surface area contributed by atoms with Crippen molar-refractivity contribution in [2.45, 2.75) is 24.7 Å². The molecule has 0 aromatic heterocycles. The van der Waals surface area contributed by atoms with Crippen LogP contribution in [0.2, 0.25) is 0 Å². The van der Waals surface area contributed by atoms with E-state index >= 15 is 0 Å². The van der Waals surface area contributed by atoms with Gasteiger partial charge < -0.3 is 0 Å². The lowest BCUT2D eigenvalue weighted by Gasteiger charge is -2.30. The molecule has 1 amide bonds. The third kappa shape index (κ3) is 5.08. The van der Waals surface area contributed by atoms with Gasteiger partial charge in [-0.2, -0.15) is 9.41 Å². The topological polar surface area (TPSA) is 122 Å². The fourth-order valence-electron chi connectivity index (χ4n) is 3.16. The molecular formula is C20H22N4O5S. The molecule has 1 aliphatic rings. The lowest BCUT2D eigenvalue weighted by atomic mass is 9.98. The number of hydrogen-bond donors (Lipinski definition) is 1. The number of sulfonamides is 1. The Bertz CT molecular complexity index is 1040. The molecule has 1 fully saturated rings. The van der Waals surface area contributed by atoms with Crippen LogP contribution in [0.15, 0.2) is 58.5 Å². The first kappa shape index (κ1) is 21.6. The Hall–Kier alpha value is -3.11. The Balaban J connectivity index is 1.52. The fourth-order valence-corrected chi connectivity index (χ4v) is 4.63. The van der Waals surface area contributed by atoms with E-state index in [-0.39, 0.29) is 35.5 Å². The van der Waals surface area contributed by atoms with E-state index in [1.807, 2.05) is 6.92 Å². The third-order valence-corrected chi connectivity index (χ3v) is 6.89. The Morgan fingerprint density at radius 2 is 1.73 bits per heavy atom. The highest BCUT2D eigenvalue weighted by Crippen LogP contribution is 2.24. The van der Waals surface area contributed by atoms with Crippen LogP contribution in [0, 0.1) is 23.0 Å². The van der Waals surface area contributed by atoms with Crippen molar-refractivity contribution < 1.29 is 18.1 Å². The van der Waals surface area contributed by atoms with E-state index in [9.17, 15) is 23.3 Å². The van der Waals surface area contributed by atoms with Crippen LogP contribution in [0.4, 0.5) is 5.69 Å². The van der Waals surface area contributed by atoms with Gasteiger partial charge in [-0.1, -0.05) is 17.7 Å². The summed E-state index contributed by atoms with van der Waals surface area (Å²) in [6, 6.07) is 12.5. The van der Waals surface area contributed by atoms with Crippen LogP contribution in [0.25, 0.3) is 0 Å². The lowest BCUT2D eigenvalue weighted by molar-refractivity contribution is -0.384. The molecule has 0 radical (unpaired) electrons. The summed E-state index contributed by atoms with van der Waals surface area (Å²) in [7, 11) is -3.57. The molecule has 9 nitrogen and oxygen atoms in total. The van der Waals surface area contributed by atoms with E-state index in [1.165, 1.54) is 34.8 Å². The highest BCUT2D eigenvalue weighted by atomic mass is 32.2. The molecule has 2 aromatic carbocycles.